The first-order valence-electron chi connectivity index (χ1n) is 5.33. The molecule has 0 aliphatic carbocycles. The standard InChI is InChI=1S/C12H16BrNO4/c1-12(2,5-15)10(14)7-3-6(13)4-8(9(7)16)11(17)18/h3-4,10,15-16H,5,14H2,1-2H3,(H,17,18)/t10-/m1/s1. The lowest BCUT2D eigenvalue weighted by Gasteiger charge is -2.30. The third kappa shape index (κ3) is 2.82. The second kappa shape index (κ2) is 5.26. The fourth-order valence-electron chi connectivity index (χ4n) is 1.54. The number of aliphatic hydroxyl groups excluding tert-OH is 1. The van der Waals surface area contributed by atoms with E-state index in [0.29, 0.717) is 10.0 Å². The Balaban J connectivity index is 3.37. The first-order valence-corrected chi connectivity index (χ1v) is 6.12. The summed E-state index contributed by atoms with van der Waals surface area (Å²) in [6.07, 6.45) is 0. The Labute approximate surface area is 113 Å². The van der Waals surface area contributed by atoms with Crippen molar-refractivity contribution in [3.05, 3.63) is 27.7 Å². The topological polar surface area (TPSA) is 104 Å². The summed E-state index contributed by atoms with van der Waals surface area (Å²) in [4.78, 5) is 11.0. The molecular formula is C12H16BrNO4. The summed E-state index contributed by atoms with van der Waals surface area (Å²) < 4.78 is 0.511. The normalized spacial score (nSPS) is 13.4. The van der Waals surface area contributed by atoms with Gasteiger partial charge in [-0.25, -0.2) is 4.79 Å². The molecule has 5 N–H and O–H groups in total. The van der Waals surface area contributed by atoms with Crippen LogP contribution in [0.4, 0.5) is 0 Å². The first-order chi connectivity index (χ1) is 8.20. The fourth-order valence-corrected chi connectivity index (χ4v) is 2.02. The van der Waals surface area contributed by atoms with E-state index in [4.69, 9.17) is 10.8 Å². The van der Waals surface area contributed by atoms with Crippen molar-refractivity contribution in [3.63, 3.8) is 0 Å². The Hall–Kier alpha value is -1.11. The molecule has 0 aliphatic heterocycles. The number of hydrogen-bond donors (Lipinski definition) is 4. The second-order valence-corrected chi connectivity index (χ2v) is 5.74. The molecule has 1 rings (SSSR count). The first kappa shape index (κ1) is 14.9. The van der Waals surface area contributed by atoms with Gasteiger partial charge in [-0.15, -0.1) is 0 Å². The van der Waals surface area contributed by atoms with E-state index in [1.54, 1.807) is 19.9 Å². The second-order valence-electron chi connectivity index (χ2n) is 4.82. The lowest BCUT2D eigenvalue weighted by atomic mass is 9.81. The van der Waals surface area contributed by atoms with Crippen LogP contribution in [0.5, 0.6) is 5.75 Å². The minimum atomic E-state index is -1.23. The number of hydrogen-bond acceptors (Lipinski definition) is 4. The van der Waals surface area contributed by atoms with Crippen molar-refractivity contribution >= 4 is 21.9 Å². The van der Waals surface area contributed by atoms with Crippen molar-refractivity contribution in [2.45, 2.75) is 19.9 Å². The van der Waals surface area contributed by atoms with Crippen molar-refractivity contribution in [2.75, 3.05) is 6.61 Å². The van der Waals surface area contributed by atoms with Gasteiger partial charge >= 0.3 is 5.97 Å². The minimum absolute atomic E-state index is 0.178. The molecule has 0 amide bonds. The van der Waals surface area contributed by atoms with E-state index < -0.39 is 17.4 Å². The quantitative estimate of drug-likeness (QED) is 0.678. The molecule has 18 heavy (non-hydrogen) atoms. The SMILES string of the molecule is CC(C)(CO)[C@H](N)c1cc(Br)cc(C(=O)O)c1O. The zero-order valence-electron chi connectivity index (χ0n) is 10.1. The number of carboxylic acids is 1. The predicted molar refractivity (Wildman–Crippen MR) is 70.6 cm³/mol. The Morgan fingerprint density at radius 1 is 1.50 bits per heavy atom. The maximum atomic E-state index is 11.0. The van der Waals surface area contributed by atoms with Gasteiger partial charge in [0.15, 0.2) is 0 Å². The molecule has 0 saturated heterocycles. The van der Waals surface area contributed by atoms with E-state index >= 15 is 0 Å². The van der Waals surface area contributed by atoms with Gasteiger partial charge in [0.1, 0.15) is 11.3 Å². The number of rotatable bonds is 4. The Kier molecular flexibility index (Phi) is 4.37. The molecule has 5 nitrogen and oxygen atoms in total. The van der Waals surface area contributed by atoms with Crippen molar-refractivity contribution < 1.29 is 20.1 Å². The van der Waals surface area contributed by atoms with E-state index in [-0.39, 0.29) is 17.9 Å². The molecule has 100 valence electrons. The number of carboxylic acid groups (broad SMARTS) is 1. The number of carbonyl (C=O) groups is 1. The third-order valence-corrected chi connectivity index (χ3v) is 3.38. The van der Waals surface area contributed by atoms with Crippen molar-refractivity contribution in [1.82, 2.24) is 0 Å². The summed E-state index contributed by atoms with van der Waals surface area (Å²) >= 11 is 3.18. The zero-order chi connectivity index (χ0) is 14.1. The molecule has 0 radical (unpaired) electrons. The summed E-state index contributed by atoms with van der Waals surface area (Å²) in [7, 11) is 0. The smallest absolute Gasteiger partial charge is 0.339 e. The highest BCUT2D eigenvalue weighted by Crippen LogP contribution is 2.38. The molecule has 0 saturated carbocycles. The Bertz CT molecular complexity index is 473. The number of nitrogens with two attached hydrogens (primary N) is 1. The van der Waals surface area contributed by atoms with E-state index in [2.05, 4.69) is 15.9 Å². The molecule has 1 aromatic rings. The molecule has 0 aromatic heterocycles. The molecule has 0 unspecified atom stereocenters. The summed E-state index contributed by atoms with van der Waals surface area (Å²) in [6.45, 7) is 3.29. The lowest BCUT2D eigenvalue weighted by molar-refractivity contribution is 0.0693. The maximum absolute atomic E-state index is 11.0. The highest BCUT2D eigenvalue weighted by molar-refractivity contribution is 9.10. The van der Waals surface area contributed by atoms with Crippen LogP contribution < -0.4 is 5.73 Å². The minimum Gasteiger partial charge on any atom is -0.507 e. The number of halogens is 1. The molecule has 0 bridgehead atoms. The number of phenols is 1. The van der Waals surface area contributed by atoms with E-state index in [1.165, 1.54) is 6.07 Å². The lowest BCUT2D eigenvalue weighted by Crippen LogP contribution is -2.32. The van der Waals surface area contributed by atoms with E-state index in [1.807, 2.05) is 0 Å². The van der Waals surface area contributed by atoms with E-state index in [0.717, 1.165) is 0 Å². The molecule has 0 spiro atoms. The Morgan fingerprint density at radius 3 is 2.50 bits per heavy atom. The van der Waals surface area contributed by atoms with Crippen LogP contribution in [0.15, 0.2) is 16.6 Å². The van der Waals surface area contributed by atoms with Gasteiger partial charge in [-0.05, 0) is 12.1 Å². The average Bonchev–Trinajstić information content (AvgIpc) is 2.30. The van der Waals surface area contributed by atoms with Gasteiger partial charge in [0, 0.05) is 28.1 Å². The van der Waals surface area contributed by atoms with Crippen LogP contribution in [0.3, 0.4) is 0 Å². The van der Waals surface area contributed by atoms with Gasteiger partial charge < -0.3 is 21.1 Å². The van der Waals surface area contributed by atoms with Gasteiger partial charge in [-0.3, -0.25) is 0 Å². The summed E-state index contributed by atoms with van der Waals surface area (Å²) in [5, 5.41) is 28.2. The average molecular weight is 318 g/mol. The largest absolute Gasteiger partial charge is 0.507 e. The molecule has 1 aromatic carbocycles. The van der Waals surface area contributed by atoms with Crippen LogP contribution in [0, 0.1) is 5.41 Å². The molecule has 6 heteroatoms. The van der Waals surface area contributed by atoms with Crippen LogP contribution in [0.1, 0.15) is 35.8 Å². The Morgan fingerprint density at radius 2 is 2.06 bits per heavy atom. The van der Waals surface area contributed by atoms with Crippen LogP contribution >= 0.6 is 15.9 Å². The van der Waals surface area contributed by atoms with Crippen molar-refractivity contribution in [1.29, 1.82) is 0 Å². The maximum Gasteiger partial charge on any atom is 0.339 e. The third-order valence-electron chi connectivity index (χ3n) is 2.92. The van der Waals surface area contributed by atoms with Gasteiger partial charge in [0.25, 0.3) is 0 Å². The van der Waals surface area contributed by atoms with Gasteiger partial charge in [-0.1, -0.05) is 29.8 Å². The fraction of sp³-hybridized carbons (Fsp3) is 0.417. The van der Waals surface area contributed by atoms with Crippen molar-refractivity contribution in [2.24, 2.45) is 11.1 Å². The zero-order valence-corrected chi connectivity index (χ0v) is 11.7. The summed E-state index contributed by atoms with van der Waals surface area (Å²) in [5.74, 6) is -1.59. The highest BCUT2D eigenvalue weighted by atomic mass is 79.9. The summed E-state index contributed by atoms with van der Waals surface area (Å²) in [5.41, 5.74) is 5.39. The number of aromatic hydroxyl groups is 1. The van der Waals surface area contributed by atoms with Gasteiger partial charge in [0.05, 0.1) is 0 Å². The molecule has 1 atom stereocenters. The molecular weight excluding hydrogens is 302 g/mol. The summed E-state index contributed by atoms with van der Waals surface area (Å²) in [6, 6.07) is 2.18. The number of aromatic carboxylic acids is 1. The molecule has 0 heterocycles. The predicted octanol–water partition coefficient (Wildman–Crippen LogP) is 1.87. The number of benzene rings is 1. The number of aliphatic hydroxyl groups is 1. The van der Waals surface area contributed by atoms with E-state index in [9.17, 15) is 15.0 Å². The molecule has 0 aliphatic rings. The van der Waals surface area contributed by atoms with Crippen LogP contribution in [0.25, 0.3) is 0 Å². The van der Waals surface area contributed by atoms with Crippen LogP contribution in [0.2, 0.25) is 0 Å². The van der Waals surface area contributed by atoms with Crippen LogP contribution in [-0.2, 0) is 0 Å². The highest BCUT2D eigenvalue weighted by Gasteiger charge is 2.30. The monoisotopic (exact) mass is 317 g/mol. The molecule has 0 fully saturated rings. The van der Waals surface area contributed by atoms with Crippen LogP contribution in [-0.4, -0.2) is 27.9 Å². The van der Waals surface area contributed by atoms with Crippen molar-refractivity contribution in [3.8, 4) is 5.75 Å². The van der Waals surface area contributed by atoms with Gasteiger partial charge in [0.2, 0.25) is 0 Å². The van der Waals surface area contributed by atoms with Gasteiger partial charge in [-0.2, -0.15) is 0 Å².